The summed E-state index contributed by atoms with van der Waals surface area (Å²) >= 11 is 0. The zero-order valence-electron chi connectivity index (χ0n) is 12.1. The summed E-state index contributed by atoms with van der Waals surface area (Å²) in [6.07, 6.45) is 5.53. The van der Waals surface area contributed by atoms with Crippen molar-refractivity contribution in [3.63, 3.8) is 0 Å². The molecule has 0 radical (unpaired) electrons. The van der Waals surface area contributed by atoms with E-state index < -0.39 is 16.8 Å². The van der Waals surface area contributed by atoms with E-state index in [1.54, 1.807) is 19.1 Å². The molecule has 3 nitrogen and oxygen atoms in total. The highest BCUT2D eigenvalue weighted by Crippen LogP contribution is 2.33. The number of carboxylic acids is 1. The molecule has 0 bridgehead atoms. The molecule has 2 rings (SSSR count). The third kappa shape index (κ3) is 3.11. The van der Waals surface area contributed by atoms with Crippen LogP contribution in [0.15, 0.2) is 23.1 Å². The van der Waals surface area contributed by atoms with E-state index in [2.05, 4.69) is 6.92 Å². The largest absolute Gasteiger partial charge is 0.478 e. The first kappa shape index (κ1) is 15.2. The van der Waals surface area contributed by atoms with Gasteiger partial charge in [0.15, 0.2) is 0 Å². The fourth-order valence-corrected chi connectivity index (χ4v) is 4.90. The summed E-state index contributed by atoms with van der Waals surface area (Å²) in [6, 6.07) is 5.18. The van der Waals surface area contributed by atoms with Crippen molar-refractivity contribution in [1.29, 1.82) is 0 Å². The fourth-order valence-electron chi connectivity index (χ4n) is 3.05. The molecular formula is C16H22O3S. The number of hydrogen-bond acceptors (Lipinski definition) is 2. The maximum absolute atomic E-state index is 12.8. The SMILES string of the molecule is CCC1CCCCC1S(=O)c1ccc(C)c(C(=O)O)c1. The smallest absolute Gasteiger partial charge is 0.335 e. The predicted octanol–water partition coefficient (Wildman–Crippen LogP) is 3.77. The minimum absolute atomic E-state index is 0.179. The number of hydrogen-bond donors (Lipinski definition) is 1. The molecule has 0 amide bonds. The second kappa shape index (κ2) is 6.53. The Morgan fingerprint density at radius 2 is 2.05 bits per heavy atom. The Morgan fingerprint density at radius 1 is 1.35 bits per heavy atom. The van der Waals surface area contributed by atoms with Gasteiger partial charge in [-0.1, -0.05) is 32.3 Å². The van der Waals surface area contributed by atoms with E-state index in [9.17, 15) is 14.1 Å². The third-order valence-electron chi connectivity index (χ3n) is 4.31. The van der Waals surface area contributed by atoms with E-state index >= 15 is 0 Å². The van der Waals surface area contributed by atoms with Crippen molar-refractivity contribution in [2.45, 2.75) is 56.1 Å². The van der Waals surface area contributed by atoms with Crippen molar-refractivity contribution in [1.82, 2.24) is 0 Å². The van der Waals surface area contributed by atoms with E-state index in [1.165, 1.54) is 6.42 Å². The minimum atomic E-state index is -1.10. The molecule has 4 heteroatoms. The number of carbonyl (C=O) groups is 1. The molecule has 3 atom stereocenters. The van der Waals surface area contributed by atoms with Crippen LogP contribution in [0.4, 0.5) is 0 Å². The molecule has 20 heavy (non-hydrogen) atoms. The highest BCUT2D eigenvalue weighted by atomic mass is 32.2. The predicted molar refractivity (Wildman–Crippen MR) is 80.6 cm³/mol. The van der Waals surface area contributed by atoms with Crippen LogP contribution in [0.2, 0.25) is 0 Å². The summed E-state index contributed by atoms with van der Waals surface area (Å²) in [4.78, 5) is 11.9. The van der Waals surface area contributed by atoms with Gasteiger partial charge < -0.3 is 5.11 Å². The lowest BCUT2D eigenvalue weighted by atomic mass is 9.87. The van der Waals surface area contributed by atoms with Crippen molar-refractivity contribution in [3.8, 4) is 0 Å². The number of rotatable bonds is 4. The van der Waals surface area contributed by atoms with Crippen molar-refractivity contribution in [2.24, 2.45) is 5.92 Å². The van der Waals surface area contributed by atoms with Crippen LogP contribution in [0, 0.1) is 12.8 Å². The normalized spacial score (nSPS) is 24.3. The van der Waals surface area contributed by atoms with E-state index in [0.717, 1.165) is 25.7 Å². The molecule has 1 aromatic rings. The Balaban J connectivity index is 2.28. The van der Waals surface area contributed by atoms with Crippen LogP contribution in [0.25, 0.3) is 0 Å². The van der Waals surface area contributed by atoms with Crippen LogP contribution in [0.3, 0.4) is 0 Å². The molecule has 1 aromatic carbocycles. The van der Waals surface area contributed by atoms with Crippen molar-refractivity contribution < 1.29 is 14.1 Å². The zero-order chi connectivity index (χ0) is 14.7. The Morgan fingerprint density at radius 3 is 2.70 bits per heavy atom. The summed E-state index contributed by atoms with van der Waals surface area (Å²) in [5.74, 6) is -0.448. The molecule has 0 aromatic heterocycles. The van der Waals surface area contributed by atoms with Crippen molar-refractivity contribution in [2.75, 3.05) is 0 Å². The standard InChI is InChI=1S/C16H22O3S/c1-3-12-6-4-5-7-15(12)20(19)13-9-8-11(2)14(10-13)16(17)18/h8-10,12,15H,3-7H2,1-2H3,(H,17,18). The van der Waals surface area contributed by atoms with Crippen LogP contribution in [-0.4, -0.2) is 20.5 Å². The lowest BCUT2D eigenvalue weighted by Crippen LogP contribution is -2.29. The van der Waals surface area contributed by atoms with Gasteiger partial charge in [-0.15, -0.1) is 0 Å². The minimum Gasteiger partial charge on any atom is -0.478 e. The van der Waals surface area contributed by atoms with Crippen LogP contribution in [0.1, 0.15) is 54.9 Å². The van der Waals surface area contributed by atoms with Gasteiger partial charge in [-0.2, -0.15) is 0 Å². The zero-order valence-corrected chi connectivity index (χ0v) is 12.9. The molecule has 3 unspecified atom stereocenters. The maximum Gasteiger partial charge on any atom is 0.335 e. The molecule has 0 saturated heterocycles. The van der Waals surface area contributed by atoms with Gasteiger partial charge >= 0.3 is 5.97 Å². The first-order chi connectivity index (χ1) is 9.54. The Bertz CT molecular complexity index is 524. The topological polar surface area (TPSA) is 54.4 Å². The van der Waals surface area contributed by atoms with Gasteiger partial charge in [-0.05, 0) is 43.4 Å². The number of benzene rings is 1. The van der Waals surface area contributed by atoms with Crippen LogP contribution in [0.5, 0.6) is 0 Å². The van der Waals surface area contributed by atoms with E-state index in [0.29, 0.717) is 16.4 Å². The van der Waals surface area contributed by atoms with Crippen LogP contribution in [-0.2, 0) is 10.8 Å². The molecule has 1 aliphatic rings. The quantitative estimate of drug-likeness (QED) is 0.919. The lowest BCUT2D eigenvalue weighted by Gasteiger charge is -2.30. The average molecular weight is 294 g/mol. The third-order valence-corrected chi connectivity index (χ3v) is 6.20. The second-order valence-electron chi connectivity index (χ2n) is 5.57. The lowest BCUT2D eigenvalue weighted by molar-refractivity contribution is 0.0696. The van der Waals surface area contributed by atoms with Gasteiger partial charge in [-0.25, -0.2) is 4.79 Å². The summed E-state index contributed by atoms with van der Waals surface area (Å²) < 4.78 is 12.8. The summed E-state index contributed by atoms with van der Waals surface area (Å²) in [6.45, 7) is 3.92. The van der Waals surface area contributed by atoms with Gasteiger partial charge in [0, 0.05) is 10.1 Å². The molecule has 1 fully saturated rings. The molecule has 0 heterocycles. The van der Waals surface area contributed by atoms with Crippen LogP contribution >= 0.6 is 0 Å². The number of aromatic carboxylic acids is 1. The first-order valence-corrected chi connectivity index (χ1v) is 8.50. The number of carboxylic acid groups (broad SMARTS) is 1. The fraction of sp³-hybridized carbons (Fsp3) is 0.562. The second-order valence-corrected chi connectivity index (χ2v) is 7.24. The van der Waals surface area contributed by atoms with Gasteiger partial charge in [-0.3, -0.25) is 4.21 Å². The van der Waals surface area contributed by atoms with Gasteiger partial charge in [0.25, 0.3) is 0 Å². The average Bonchev–Trinajstić information content (AvgIpc) is 2.46. The molecule has 1 aliphatic carbocycles. The van der Waals surface area contributed by atoms with Gasteiger partial charge in [0.05, 0.1) is 16.4 Å². The first-order valence-electron chi connectivity index (χ1n) is 7.29. The Labute approximate surface area is 122 Å². The summed E-state index contributed by atoms with van der Waals surface area (Å²) in [5.41, 5.74) is 0.980. The van der Waals surface area contributed by atoms with Gasteiger partial charge in [0.1, 0.15) is 0 Å². The van der Waals surface area contributed by atoms with Crippen molar-refractivity contribution >= 4 is 16.8 Å². The molecule has 0 aliphatic heterocycles. The van der Waals surface area contributed by atoms with Gasteiger partial charge in [0.2, 0.25) is 0 Å². The monoisotopic (exact) mass is 294 g/mol. The van der Waals surface area contributed by atoms with E-state index in [-0.39, 0.29) is 10.8 Å². The maximum atomic E-state index is 12.8. The Hall–Kier alpha value is -1.16. The molecule has 1 saturated carbocycles. The number of aryl methyl sites for hydroxylation is 1. The molecule has 110 valence electrons. The molecular weight excluding hydrogens is 272 g/mol. The summed E-state index contributed by atoms with van der Waals surface area (Å²) in [7, 11) is -1.10. The van der Waals surface area contributed by atoms with E-state index in [4.69, 9.17) is 0 Å². The molecule has 1 N–H and O–H groups in total. The highest BCUT2D eigenvalue weighted by Gasteiger charge is 2.29. The van der Waals surface area contributed by atoms with E-state index in [1.807, 2.05) is 6.07 Å². The highest BCUT2D eigenvalue weighted by molar-refractivity contribution is 7.85. The Kier molecular flexibility index (Phi) is 4.97. The molecule has 0 spiro atoms. The van der Waals surface area contributed by atoms with Crippen molar-refractivity contribution in [3.05, 3.63) is 29.3 Å². The summed E-state index contributed by atoms with van der Waals surface area (Å²) in [5, 5.41) is 9.36. The van der Waals surface area contributed by atoms with Crippen LogP contribution < -0.4 is 0 Å².